The number of benzene rings is 1. The summed E-state index contributed by atoms with van der Waals surface area (Å²) in [6, 6.07) is 7.11. The monoisotopic (exact) mass is 341 g/mol. The molecule has 1 amide bonds. The summed E-state index contributed by atoms with van der Waals surface area (Å²) in [6.07, 6.45) is 3.49. The first-order chi connectivity index (χ1) is 12.1. The average molecular weight is 341 g/mol. The second kappa shape index (κ2) is 6.31. The van der Waals surface area contributed by atoms with Crippen molar-refractivity contribution in [2.75, 3.05) is 13.1 Å². The summed E-state index contributed by atoms with van der Waals surface area (Å²) in [4.78, 5) is 30.0. The van der Waals surface area contributed by atoms with E-state index in [2.05, 4.69) is 10.1 Å². The maximum Gasteiger partial charge on any atom is 0.308 e. The van der Waals surface area contributed by atoms with Crippen LogP contribution in [0.5, 0.6) is 0 Å². The van der Waals surface area contributed by atoms with Crippen LogP contribution in [0.4, 0.5) is 0 Å². The Morgan fingerprint density at radius 3 is 2.84 bits per heavy atom. The van der Waals surface area contributed by atoms with Gasteiger partial charge in [0.15, 0.2) is 0 Å². The van der Waals surface area contributed by atoms with Gasteiger partial charge < -0.3 is 14.5 Å². The minimum Gasteiger partial charge on any atom is -0.481 e. The first kappa shape index (κ1) is 15.8. The second-order valence-corrected chi connectivity index (χ2v) is 6.74. The standard InChI is InChI=1S/C18H19N3O4/c22-17(21-8-2-5-14(10-21)18(23)24)13-4-1-3-12(9-13)15-19-16(25-20-15)11-6-7-11/h1,3-4,9,11,14H,2,5-8,10H2,(H,23,24)/t14-/m0/s1. The lowest BCUT2D eigenvalue weighted by atomic mass is 9.97. The van der Waals surface area contributed by atoms with E-state index < -0.39 is 11.9 Å². The van der Waals surface area contributed by atoms with Crippen molar-refractivity contribution in [3.05, 3.63) is 35.7 Å². The zero-order valence-electron chi connectivity index (χ0n) is 13.7. The molecule has 1 atom stereocenters. The molecule has 2 aromatic rings. The van der Waals surface area contributed by atoms with Gasteiger partial charge in [-0.2, -0.15) is 4.98 Å². The predicted molar refractivity (Wildman–Crippen MR) is 88.0 cm³/mol. The first-order valence-electron chi connectivity index (χ1n) is 8.58. The van der Waals surface area contributed by atoms with Crippen molar-refractivity contribution in [3.63, 3.8) is 0 Å². The number of carboxylic acids is 1. The highest BCUT2D eigenvalue weighted by atomic mass is 16.5. The summed E-state index contributed by atoms with van der Waals surface area (Å²) in [5.74, 6) is 0.0431. The molecule has 0 radical (unpaired) electrons. The zero-order chi connectivity index (χ0) is 17.4. The highest BCUT2D eigenvalue weighted by Crippen LogP contribution is 2.39. The third-order valence-corrected chi connectivity index (χ3v) is 4.79. The molecule has 2 heterocycles. The highest BCUT2D eigenvalue weighted by molar-refractivity contribution is 5.95. The molecule has 1 aliphatic carbocycles. The molecule has 2 fully saturated rings. The van der Waals surface area contributed by atoms with Crippen molar-refractivity contribution in [3.8, 4) is 11.4 Å². The first-order valence-corrected chi connectivity index (χ1v) is 8.58. The molecule has 130 valence electrons. The van der Waals surface area contributed by atoms with E-state index in [0.717, 1.165) is 18.4 Å². The van der Waals surface area contributed by atoms with Crippen molar-refractivity contribution in [1.29, 1.82) is 0 Å². The topological polar surface area (TPSA) is 96.5 Å². The van der Waals surface area contributed by atoms with Gasteiger partial charge in [-0.3, -0.25) is 9.59 Å². The Morgan fingerprint density at radius 2 is 2.08 bits per heavy atom. The smallest absolute Gasteiger partial charge is 0.308 e. The van der Waals surface area contributed by atoms with Gasteiger partial charge in [-0.05, 0) is 37.8 Å². The van der Waals surface area contributed by atoms with Crippen LogP contribution in [-0.4, -0.2) is 45.1 Å². The molecule has 2 aliphatic rings. The minimum absolute atomic E-state index is 0.154. The third-order valence-electron chi connectivity index (χ3n) is 4.79. The second-order valence-electron chi connectivity index (χ2n) is 6.74. The number of carboxylic acid groups (broad SMARTS) is 1. The Bertz CT molecular complexity index is 812. The molecule has 1 saturated carbocycles. The number of amides is 1. The fourth-order valence-corrected chi connectivity index (χ4v) is 3.19. The van der Waals surface area contributed by atoms with Crippen LogP contribution in [-0.2, 0) is 4.79 Å². The van der Waals surface area contributed by atoms with Gasteiger partial charge >= 0.3 is 5.97 Å². The molecule has 1 saturated heterocycles. The lowest BCUT2D eigenvalue weighted by Crippen LogP contribution is -2.42. The van der Waals surface area contributed by atoms with Crippen molar-refractivity contribution in [1.82, 2.24) is 15.0 Å². The molecule has 0 unspecified atom stereocenters. The number of likely N-dealkylation sites (tertiary alicyclic amines) is 1. The number of aromatic nitrogens is 2. The van der Waals surface area contributed by atoms with Gasteiger partial charge in [-0.15, -0.1) is 0 Å². The van der Waals surface area contributed by atoms with Crippen LogP contribution in [0.2, 0.25) is 0 Å². The van der Waals surface area contributed by atoms with E-state index in [-0.39, 0.29) is 12.5 Å². The van der Waals surface area contributed by atoms with Gasteiger partial charge in [-0.1, -0.05) is 17.3 Å². The predicted octanol–water partition coefficient (Wildman–Crippen LogP) is 2.55. The summed E-state index contributed by atoms with van der Waals surface area (Å²) >= 11 is 0. The Balaban J connectivity index is 1.53. The number of aliphatic carboxylic acids is 1. The van der Waals surface area contributed by atoms with Gasteiger partial charge in [0, 0.05) is 30.1 Å². The van der Waals surface area contributed by atoms with Gasteiger partial charge in [0.1, 0.15) is 0 Å². The van der Waals surface area contributed by atoms with Gasteiger partial charge in [-0.25, -0.2) is 0 Å². The van der Waals surface area contributed by atoms with Crippen LogP contribution in [0.3, 0.4) is 0 Å². The number of rotatable bonds is 4. The Kier molecular flexibility index (Phi) is 3.99. The molecule has 1 N–H and O–H groups in total. The number of carbonyl (C=O) groups is 2. The fraction of sp³-hybridized carbons (Fsp3) is 0.444. The molecule has 1 aromatic heterocycles. The molecular weight excluding hydrogens is 322 g/mol. The van der Waals surface area contributed by atoms with Crippen LogP contribution in [0, 0.1) is 5.92 Å². The van der Waals surface area contributed by atoms with Crippen molar-refractivity contribution < 1.29 is 19.2 Å². The Labute approximate surface area is 144 Å². The lowest BCUT2D eigenvalue weighted by molar-refractivity contribution is -0.143. The molecule has 1 aromatic carbocycles. The number of hydrogen-bond donors (Lipinski definition) is 1. The molecule has 25 heavy (non-hydrogen) atoms. The number of hydrogen-bond acceptors (Lipinski definition) is 5. The van der Waals surface area contributed by atoms with E-state index in [1.807, 2.05) is 6.07 Å². The summed E-state index contributed by atoms with van der Waals surface area (Å²) in [7, 11) is 0. The van der Waals surface area contributed by atoms with E-state index in [0.29, 0.717) is 42.6 Å². The summed E-state index contributed by atoms with van der Waals surface area (Å²) in [5.41, 5.74) is 1.25. The summed E-state index contributed by atoms with van der Waals surface area (Å²) in [6.45, 7) is 0.841. The molecule has 0 bridgehead atoms. The number of carbonyl (C=O) groups excluding carboxylic acids is 1. The van der Waals surface area contributed by atoms with Crippen LogP contribution in [0.25, 0.3) is 11.4 Å². The number of piperidine rings is 1. The Morgan fingerprint density at radius 1 is 1.24 bits per heavy atom. The molecule has 1 aliphatic heterocycles. The Hall–Kier alpha value is -2.70. The summed E-state index contributed by atoms with van der Waals surface area (Å²) in [5, 5.41) is 13.2. The highest BCUT2D eigenvalue weighted by Gasteiger charge is 2.30. The normalized spacial score (nSPS) is 20.5. The van der Waals surface area contributed by atoms with Crippen molar-refractivity contribution in [2.45, 2.75) is 31.6 Å². The van der Waals surface area contributed by atoms with E-state index in [1.54, 1.807) is 23.1 Å². The zero-order valence-corrected chi connectivity index (χ0v) is 13.7. The van der Waals surface area contributed by atoms with Gasteiger partial charge in [0.2, 0.25) is 11.7 Å². The molecule has 7 nitrogen and oxygen atoms in total. The van der Waals surface area contributed by atoms with Gasteiger partial charge in [0.05, 0.1) is 5.92 Å². The maximum atomic E-state index is 12.7. The lowest BCUT2D eigenvalue weighted by Gasteiger charge is -2.30. The fourth-order valence-electron chi connectivity index (χ4n) is 3.19. The average Bonchev–Trinajstić information content (AvgIpc) is 3.38. The van der Waals surface area contributed by atoms with Crippen LogP contribution >= 0.6 is 0 Å². The largest absolute Gasteiger partial charge is 0.481 e. The third kappa shape index (κ3) is 3.26. The summed E-state index contributed by atoms with van der Waals surface area (Å²) < 4.78 is 5.28. The number of nitrogens with zero attached hydrogens (tertiary/aromatic N) is 3. The van der Waals surface area contributed by atoms with Crippen LogP contribution in [0.15, 0.2) is 28.8 Å². The van der Waals surface area contributed by atoms with E-state index in [9.17, 15) is 14.7 Å². The van der Waals surface area contributed by atoms with E-state index >= 15 is 0 Å². The maximum absolute atomic E-state index is 12.7. The van der Waals surface area contributed by atoms with E-state index in [1.165, 1.54) is 0 Å². The van der Waals surface area contributed by atoms with Crippen molar-refractivity contribution >= 4 is 11.9 Å². The molecule has 4 rings (SSSR count). The SMILES string of the molecule is O=C(O)[C@H]1CCCN(C(=O)c2cccc(-c3noc(C4CC4)n3)c2)C1. The quantitative estimate of drug-likeness (QED) is 0.918. The van der Waals surface area contributed by atoms with Crippen molar-refractivity contribution in [2.24, 2.45) is 5.92 Å². The molecular formula is C18H19N3O4. The minimum atomic E-state index is -0.842. The molecule has 0 spiro atoms. The van der Waals surface area contributed by atoms with Gasteiger partial charge in [0.25, 0.3) is 5.91 Å². The van der Waals surface area contributed by atoms with Crippen LogP contribution in [0.1, 0.15) is 47.8 Å². The van der Waals surface area contributed by atoms with Crippen LogP contribution < -0.4 is 0 Å². The van der Waals surface area contributed by atoms with E-state index in [4.69, 9.17) is 4.52 Å². The molecule has 7 heteroatoms.